The lowest BCUT2D eigenvalue weighted by Crippen LogP contribution is -2.45. The lowest BCUT2D eigenvalue weighted by molar-refractivity contribution is 0.120. The Kier molecular flexibility index (Phi) is 8.48. The summed E-state index contributed by atoms with van der Waals surface area (Å²) in [5, 5.41) is 24.8. The van der Waals surface area contributed by atoms with Crippen LogP contribution in [0.15, 0.2) is 17.5 Å². The van der Waals surface area contributed by atoms with E-state index < -0.39 is 0 Å². The normalized spacial score (nSPS) is 20.2. The molecule has 0 amide bonds. The van der Waals surface area contributed by atoms with Crippen LogP contribution in [0.3, 0.4) is 0 Å². The minimum atomic E-state index is -0.144. The molecule has 150 valence electrons. The average molecular weight is 488 g/mol. The summed E-state index contributed by atoms with van der Waals surface area (Å²) in [6, 6.07) is 0.376. The highest BCUT2D eigenvalue weighted by molar-refractivity contribution is 14.0. The first kappa shape index (κ1) is 21.6. The molecule has 4 N–H and O–H groups in total. The maximum atomic E-state index is 9.62. The molecule has 10 heteroatoms. The number of guanidine groups is 1. The van der Waals surface area contributed by atoms with Gasteiger partial charge in [-0.2, -0.15) is 5.10 Å². The summed E-state index contributed by atoms with van der Waals surface area (Å²) in [6.07, 6.45) is 6.82. The van der Waals surface area contributed by atoms with Crippen LogP contribution in [0.25, 0.3) is 11.0 Å². The van der Waals surface area contributed by atoms with Crippen molar-refractivity contribution in [3.8, 4) is 0 Å². The molecule has 0 unspecified atom stereocenters. The van der Waals surface area contributed by atoms with E-state index in [0.717, 1.165) is 55.0 Å². The van der Waals surface area contributed by atoms with E-state index in [0.29, 0.717) is 19.1 Å². The predicted molar refractivity (Wildman–Crippen MR) is 118 cm³/mol. The van der Waals surface area contributed by atoms with Gasteiger partial charge < -0.3 is 21.1 Å². The van der Waals surface area contributed by atoms with E-state index in [-0.39, 0.29) is 30.1 Å². The third kappa shape index (κ3) is 5.89. The molecular formula is C17H29IN8O. The summed E-state index contributed by atoms with van der Waals surface area (Å²) in [6.45, 7) is 4.16. The standard InChI is InChI=1S/C17H28N8O.HI/c1-3-18-17(24-12-4-6-13(26)7-5-12)20-9-8-19-15-14-10-23-25(2)16(14)22-11-21-15;/h10-13,26H,3-9H2,1-2H3,(H2,18,20,24)(H,19,21,22);1H. The molecule has 1 fully saturated rings. The number of rotatable bonds is 6. The van der Waals surface area contributed by atoms with E-state index in [1.54, 1.807) is 17.2 Å². The molecule has 1 aliphatic rings. The van der Waals surface area contributed by atoms with Crippen molar-refractivity contribution in [3.05, 3.63) is 12.5 Å². The van der Waals surface area contributed by atoms with E-state index in [9.17, 15) is 5.11 Å². The van der Waals surface area contributed by atoms with Crippen LogP contribution in [0.1, 0.15) is 32.6 Å². The van der Waals surface area contributed by atoms with Gasteiger partial charge in [-0.15, -0.1) is 24.0 Å². The van der Waals surface area contributed by atoms with Crippen molar-refractivity contribution < 1.29 is 5.11 Å². The predicted octanol–water partition coefficient (Wildman–Crippen LogP) is 1.25. The molecule has 0 bridgehead atoms. The summed E-state index contributed by atoms with van der Waals surface area (Å²) in [7, 11) is 1.86. The fraction of sp³-hybridized carbons (Fsp3) is 0.647. The molecule has 0 atom stereocenters. The molecular weight excluding hydrogens is 459 g/mol. The van der Waals surface area contributed by atoms with Crippen LogP contribution in [0.2, 0.25) is 0 Å². The van der Waals surface area contributed by atoms with Crippen molar-refractivity contribution in [2.45, 2.75) is 44.8 Å². The van der Waals surface area contributed by atoms with Gasteiger partial charge in [0.25, 0.3) is 0 Å². The Labute approximate surface area is 176 Å². The van der Waals surface area contributed by atoms with Crippen LogP contribution in [0.4, 0.5) is 5.82 Å². The number of nitrogens with one attached hydrogen (secondary N) is 3. The van der Waals surface area contributed by atoms with Crippen LogP contribution in [-0.4, -0.2) is 62.6 Å². The number of aliphatic imine (C=N–C) groups is 1. The number of nitrogens with zero attached hydrogens (tertiary/aromatic N) is 5. The van der Waals surface area contributed by atoms with E-state index in [1.807, 2.05) is 7.05 Å². The molecule has 27 heavy (non-hydrogen) atoms. The Morgan fingerprint density at radius 3 is 2.81 bits per heavy atom. The minimum Gasteiger partial charge on any atom is -0.393 e. The Morgan fingerprint density at radius 1 is 1.30 bits per heavy atom. The van der Waals surface area contributed by atoms with E-state index in [1.165, 1.54) is 0 Å². The molecule has 2 aromatic heterocycles. The summed E-state index contributed by atoms with van der Waals surface area (Å²) in [5.74, 6) is 1.60. The van der Waals surface area contributed by atoms with Gasteiger partial charge in [0.15, 0.2) is 11.6 Å². The Balaban J connectivity index is 0.00000261. The number of halogens is 1. The van der Waals surface area contributed by atoms with Crippen LogP contribution in [0, 0.1) is 0 Å². The van der Waals surface area contributed by atoms with Crippen molar-refractivity contribution >= 4 is 46.8 Å². The summed E-state index contributed by atoms with van der Waals surface area (Å²) >= 11 is 0. The van der Waals surface area contributed by atoms with Gasteiger partial charge in [-0.25, -0.2) is 9.97 Å². The van der Waals surface area contributed by atoms with Gasteiger partial charge in [-0.05, 0) is 32.6 Å². The van der Waals surface area contributed by atoms with Crippen LogP contribution >= 0.6 is 24.0 Å². The molecule has 0 saturated heterocycles. The van der Waals surface area contributed by atoms with Gasteiger partial charge in [-0.3, -0.25) is 9.67 Å². The SMILES string of the molecule is CCNC(=NCCNc1ncnc2c1cnn2C)NC1CCC(O)CC1.I. The summed E-state index contributed by atoms with van der Waals surface area (Å²) in [5.41, 5.74) is 0.806. The van der Waals surface area contributed by atoms with Crippen molar-refractivity contribution in [1.82, 2.24) is 30.4 Å². The van der Waals surface area contributed by atoms with Crippen LogP contribution in [-0.2, 0) is 7.05 Å². The third-order valence-electron chi connectivity index (χ3n) is 4.59. The number of aliphatic hydroxyl groups excluding tert-OH is 1. The zero-order chi connectivity index (χ0) is 18.4. The molecule has 3 rings (SSSR count). The smallest absolute Gasteiger partial charge is 0.191 e. The lowest BCUT2D eigenvalue weighted by atomic mass is 9.93. The molecule has 1 aliphatic carbocycles. The first-order valence-corrected chi connectivity index (χ1v) is 9.27. The maximum Gasteiger partial charge on any atom is 0.191 e. The average Bonchev–Trinajstić information content (AvgIpc) is 3.03. The zero-order valence-corrected chi connectivity index (χ0v) is 18.2. The maximum absolute atomic E-state index is 9.62. The second-order valence-corrected chi connectivity index (χ2v) is 6.56. The number of hydrogen-bond donors (Lipinski definition) is 4. The second-order valence-electron chi connectivity index (χ2n) is 6.56. The first-order chi connectivity index (χ1) is 12.7. The summed E-state index contributed by atoms with van der Waals surface area (Å²) in [4.78, 5) is 13.2. The molecule has 2 aromatic rings. The second kappa shape index (κ2) is 10.6. The van der Waals surface area contributed by atoms with Crippen molar-refractivity contribution in [2.24, 2.45) is 12.0 Å². The van der Waals surface area contributed by atoms with Gasteiger partial charge in [0, 0.05) is 26.2 Å². The van der Waals surface area contributed by atoms with Gasteiger partial charge in [0.05, 0.1) is 24.2 Å². The number of aliphatic hydroxyl groups is 1. The number of anilines is 1. The summed E-state index contributed by atoms with van der Waals surface area (Å²) < 4.78 is 1.73. The number of aromatic nitrogens is 4. The van der Waals surface area contributed by atoms with Gasteiger partial charge >= 0.3 is 0 Å². The topological polar surface area (TPSA) is 112 Å². The van der Waals surface area contributed by atoms with Gasteiger partial charge in [-0.1, -0.05) is 0 Å². The quantitative estimate of drug-likeness (QED) is 0.210. The Bertz CT molecular complexity index is 742. The van der Waals surface area contributed by atoms with Crippen molar-refractivity contribution in [1.29, 1.82) is 0 Å². The van der Waals surface area contributed by atoms with Crippen LogP contribution in [0.5, 0.6) is 0 Å². The Hall–Kier alpha value is -1.69. The fourth-order valence-corrected chi connectivity index (χ4v) is 3.18. The third-order valence-corrected chi connectivity index (χ3v) is 4.59. The molecule has 0 aliphatic heterocycles. The van der Waals surface area contributed by atoms with Gasteiger partial charge in [0.2, 0.25) is 0 Å². The highest BCUT2D eigenvalue weighted by Crippen LogP contribution is 2.18. The number of fused-ring (bicyclic) bond motifs is 1. The van der Waals surface area contributed by atoms with Crippen molar-refractivity contribution in [2.75, 3.05) is 25.0 Å². The zero-order valence-electron chi connectivity index (χ0n) is 15.9. The fourth-order valence-electron chi connectivity index (χ4n) is 3.18. The van der Waals surface area contributed by atoms with E-state index >= 15 is 0 Å². The first-order valence-electron chi connectivity index (χ1n) is 9.27. The lowest BCUT2D eigenvalue weighted by Gasteiger charge is -2.27. The van der Waals surface area contributed by atoms with Crippen molar-refractivity contribution in [3.63, 3.8) is 0 Å². The van der Waals surface area contributed by atoms with Crippen LogP contribution < -0.4 is 16.0 Å². The van der Waals surface area contributed by atoms with E-state index in [4.69, 9.17) is 0 Å². The molecule has 1 saturated carbocycles. The Morgan fingerprint density at radius 2 is 2.07 bits per heavy atom. The largest absolute Gasteiger partial charge is 0.393 e. The van der Waals surface area contributed by atoms with Gasteiger partial charge in [0.1, 0.15) is 12.1 Å². The highest BCUT2D eigenvalue weighted by Gasteiger charge is 2.19. The minimum absolute atomic E-state index is 0. The number of hydrogen-bond acceptors (Lipinski definition) is 6. The number of aryl methyl sites for hydroxylation is 1. The molecule has 0 aromatic carbocycles. The molecule has 2 heterocycles. The molecule has 0 radical (unpaired) electrons. The van der Waals surface area contributed by atoms with E-state index in [2.05, 4.69) is 42.9 Å². The molecule has 0 spiro atoms. The monoisotopic (exact) mass is 488 g/mol. The molecule has 9 nitrogen and oxygen atoms in total. The highest BCUT2D eigenvalue weighted by atomic mass is 127.